The van der Waals surface area contributed by atoms with E-state index in [1.165, 1.54) is 37.2 Å². The second-order valence-electron chi connectivity index (χ2n) is 5.13. The summed E-state index contributed by atoms with van der Waals surface area (Å²) in [5.41, 5.74) is 0. The molecule has 0 saturated carbocycles. The summed E-state index contributed by atoms with van der Waals surface area (Å²) in [7, 11) is 0. The first-order valence-corrected chi connectivity index (χ1v) is 8.20. The van der Waals surface area contributed by atoms with Crippen molar-refractivity contribution in [3.63, 3.8) is 0 Å². The SMILES string of the molecule is CCc1ccc(C(=O)NCCCN2CCCCC2)s1. The van der Waals surface area contributed by atoms with E-state index in [4.69, 9.17) is 0 Å². The van der Waals surface area contributed by atoms with Crippen molar-refractivity contribution in [2.75, 3.05) is 26.2 Å². The second-order valence-corrected chi connectivity index (χ2v) is 6.30. The first-order valence-electron chi connectivity index (χ1n) is 7.39. The maximum atomic E-state index is 11.9. The molecule has 0 bridgehead atoms. The number of nitrogens with one attached hydrogen (secondary N) is 1. The number of carbonyl (C=O) groups is 1. The third-order valence-electron chi connectivity index (χ3n) is 3.62. The van der Waals surface area contributed by atoms with Crippen LogP contribution in [0.25, 0.3) is 0 Å². The number of thiophene rings is 1. The maximum absolute atomic E-state index is 11.9. The Balaban J connectivity index is 1.63. The van der Waals surface area contributed by atoms with Crippen LogP contribution in [0, 0.1) is 0 Å². The van der Waals surface area contributed by atoms with E-state index in [0.29, 0.717) is 0 Å². The standard InChI is InChI=1S/C15H24N2OS/c1-2-13-7-8-14(19-13)15(18)16-9-6-12-17-10-4-3-5-11-17/h7-8H,2-6,9-12H2,1H3,(H,16,18). The van der Waals surface area contributed by atoms with Gasteiger partial charge in [-0.2, -0.15) is 0 Å². The molecule has 0 aliphatic carbocycles. The van der Waals surface area contributed by atoms with Gasteiger partial charge >= 0.3 is 0 Å². The van der Waals surface area contributed by atoms with Crippen LogP contribution in [0.1, 0.15) is 47.2 Å². The van der Waals surface area contributed by atoms with Gasteiger partial charge in [-0.05, 0) is 57.5 Å². The Morgan fingerprint density at radius 2 is 2.11 bits per heavy atom. The highest BCUT2D eigenvalue weighted by molar-refractivity contribution is 7.14. The average Bonchev–Trinajstić information content (AvgIpc) is 2.93. The first kappa shape index (κ1) is 14.5. The molecule has 0 atom stereocenters. The van der Waals surface area contributed by atoms with Gasteiger partial charge in [0.05, 0.1) is 4.88 Å². The summed E-state index contributed by atoms with van der Waals surface area (Å²) < 4.78 is 0. The van der Waals surface area contributed by atoms with Crippen molar-refractivity contribution in [1.82, 2.24) is 10.2 Å². The fourth-order valence-corrected chi connectivity index (χ4v) is 3.33. The fraction of sp³-hybridized carbons (Fsp3) is 0.667. The van der Waals surface area contributed by atoms with Crippen molar-refractivity contribution in [3.05, 3.63) is 21.9 Å². The number of amides is 1. The molecule has 4 heteroatoms. The summed E-state index contributed by atoms with van der Waals surface area (Å²) in [6, 6.07) is 3.98. The van der Waals surface area contributed by atoms with E-state index in [0.717, 1.165) is 30.8 Å². The molecule has 1 fully saturated rings. The molecule has 1 aliphatic heterocycles. The van der Waals surface area contributed by atoms with E-state index in [9.17, 15) is 4.79 Å². The van der Waals surface area contributed by atoms with Crippen LogP contribution >= 0.6 is 11.3 Å². The van der Waals surface area contributed by atoms with Crippen molar-refractivity contribution >= 4 is 17.2 Å². The normalized spacial score (nSPS) is 16.5. The molecular weight excluding hydrogens is 256 g/mol. The predicted molar refractivity (Wildman–Crippen MR) is 80.9 cm³/mol. The third-order valence-corrected chi connectivity index (χ3v) is 4.85. The number of likely N-dealkylation sites (tertiary alicyclic amines) is 1. The molecule has 0 spiro atoms. The van der Waals surface area contributed by atoms with E-state index in [2.05, 4.69) is 17.1 Å². The van der Waals surface area contributed by atoms with Crippen molar-refractivity contribution in [2.24, 2.45) is 0 Å². The second kappa shape index (κ2) is 7.65. The van der Waals surface area contributed by atoms with E-state index >= 15 is 0 Å². The number of aryl methyl sites for hydroxylation is 1. The minimum atomic E-state index is 0.0864. The van der Waals surface area contributed by atoms with Crippen molar-refractivity contribution in [1.29, 1.82) is 0 Å². The number of piperidine rings is 1. The van der Waals surface area contributed by atoms with Gasteiger partial charge in [-0.15, -0.1) is 11.3 Å². The van der Waals surface area contributed by atoms with Gasteiger partial charge in [0.2, 0.25) is 0 Å². The zero-order valence-corrected chi connectivity index (χ0v) is 12.6. The van der Waals surface area contributed by atoms with Gasteiger partial charge in [0.1, 0.15) is 0 Å². The summed E-state index contributed by atoms with van der Waals surface area (Å²) in [6.45, 7) is 6.49. The van der Waals surface area contributed by atoms with Gasteiger partial charge in [-0.25, -0.2) is 0 Å². The highest BCUT2D eigenvalue weighted by Crippen LogP contribution is 2.16. The molecule has 1 aliphatic rings. The summed E-state index contributed by atoms with van der Waals surface area (Å²) >= 11 is 1.60. The Bertz CT molecular complexity index is 397. The molecule has 0 aromatic carbocycles. The average molecular weight is 280 g/mol. The Morgan fingerprint density at radius 3 is 2.79 bits per heavy atom. The molecule has 1 aromatic heterocycles. The maximum Gasteiger partial charge on any atom is 0.261 e. The Labute approximate surface area is 120 Å². The van der Waals surface area contributed by atoms with Crippen LogP contribution in [0.5, 0.6) is 0 Å². The van der Waals surface area contributed by atoms with Crippen LogP contribution in [0.15, 0.2) is 12.1 Å². The lowest BCUT2D eigenvalue weighted by Gasteiger charge is -2.26. The quantitative estimate of drug-likeness (QED) is 0.813. The summed E-state index contributed by atoms with van der Waals surface area (Å²) in [6.07, 6.45) is 6.11. The zero-order chi connectivity index (χ0) is 13.5. The molecule has 0 unspecified atom stereocenters. The van der Waals surface area contributed by atoms with Crippen molar-refractivity contribution in [2.45, 2.75) is 39.0 Å². The number of rotatable bonds is 6. The molecule has 1 aromatic rings. The topological polar surface area (TPSA) is 32.3 Å². The lowest BCUT2D eigenvalue weighted by Crippen LogP contribution is -2.33. The van der Waals surface area contributed by atoms with Crippen molar-refractivity contribution < 1.29 is 4.79 Å². The van der Waals surface area contributed by atoms with Gasteiger partial charge in [0, 0.05) is 11.4 Å². The molecule has 2 heterocycles. The van der Waals surface area contributed by atoms with Gasteiger partial charge in [0.15, 0.2) is 0 Å². The zero-order valence-electron chi connectivity index (χ0n) is 11.8. The van der Waals surface area contributed by atoms with E-state index in [-0.39, 0.29) is 5.91 Å². The molecule has 1 amide bonds. The first-order chi connectivity index (χ1) is 9.29. The number of nitrogens with zero attached hydrogens (tertiary/aromatic N) is 1. The highest BCUT2D eigenvalue weighted by Gasteiger charge is 2.10. The number of carbonyl (C=O) groups excluding carboxylic acids is 1. The molecule has 3 nitrogen and oxygen atoms in total. The van der Waals surface area contributed by atoms with Crippen LogP contribution in [-0.2, 0) is 6.42 Å². The Morgan fingerprint density at radius 1 is 1.32 bits per heavy atom. The predicted octanol–water partition coefficient (Wildman–Crippen LogP) is 2.92. The molecule has 106 valence electrons. The smallest absolute Gasteiger partial charge is 0.261 e. The molecule has 0 radical (unpaired) electrons. The molecular formula is C15H24N2OS. The summed E-state index contributed by atoms with van der Waals surface area (Å²) in [5.74, 6) is 0.0864. The third kappa shape index (κ3) is 4.62. The monoisotopic (exact) mass is 280 g/mol. The van der Waals surface area contributed by atoms with Gasteiger partial charge in [-0.3, -0.25) is 4.79 Å². The number of hydrogen-bond donors (Lipinski definition) is 1. The van der Waals surface area contributed by atoms with E-state index < -0.39 is 0 Å². The van der Waals surface area contributed by atoms with Crippen LogP contribution < -0.4 is 5.32 Å². The van der Waals surface area contributed by atoms with Gasteiger partial charge in [0.25, 0.3) is 5.91 Å². The molecule has 2 rings (SSSR count). The van der Waals surface area contributed by atoms with Crippen LogP contribution in [0.4, 0.5) is 0 Å². The minimum absolute atomic E-state index is 0.0864. The minimum Gasteiger partial charge on any atom is -0.351 e. The molecule has 1 N–H and O–H groups in total. The van der Waals surface area contributed by atoms with Crippen molar-refractivity contribution in [3.8, 4) is 0 Å². The largest absolute Gasteiger partial charge is 0.351 e. The Hall–Kier alpha value is -0.870. The summed E-state index contributed by atoms with van der Waals surface area (Å²) in [4.78, 5) is 16.5. The lowest BCUT2D eigenvalue weighted by molar-refractivity contribution is 0.0955. The van der Waals surface area contributed by atoms with Gasteiger partial charge in [-0.1, -0.05) is 13.3 Å². The molecule has 1 saturated heterocycles. The molecule has 19 heavy (non-hydrogen) atoms. The fourth-order valence-electron chi connectivity index (χ4n) is 2.46. The number of hydrogen-bond acceptors (Lipinski definition) is 3. The Kier molecular flexibility index (Phi) is 5.86. The van der Waals surface area contributed by atoms with Crippen LogP contribution in [0.2, 0.25) is 0 Å². The van der Waals surface area contributed by atoms with E-state index in [1.54, 1.807) is 11.3 Å². The van der Waals surface area contributed by atoms with Crippen LogP contribution in [-0.4, -0.2) is 37.0 Å². The summed E-state index contributed by atoms with van der Waals surface area (Å²) in [5, 5.41) is 3.02. The highest BCUT2D eigenvalue weighted by atomic mass is 32.1. The van der Waals surface area contributed by atoms with E-state index in [1.807, 2.05) is 12.1 Å². The van der Waals surface area contributed by atoms with Crippen LogP contribution in [0.3, 0.4) is 0 Å². The van der Waals surface area contributed by atoms with Gasteiger partial charge < -0.3 is 10.2 Å². The lowest BCUT2D eigenvalue weighted by atomic mass is 10.1.